The van der Waals surface area contributed by atoms with E-state index in [0.717, 1.165) is 11.4 Å². The minimum Gasteiger partial charge on any atom is -0.455 e. The summed E-state index contributed by atoms with van der Waals surface area (Å²) < 4.78 is 8.69. The second kappa shape index (κ2) is 7.05. The van der Waals surface area contributed by atoms with Crippen LogP contribution in [0.4, 0.5) is 0 Å². The average Bonchev–Trinajstić information content (AvgIpc) is 3.20. The van der Waals surface area contributed by atoms with Crippen LogP contribution < -0.4 is 5.56 Å². The zero-order valence-electron chi connectivity index (χ0n) is 15.7. The van der Waals surface area contributed by atoms with Gasteiger partial charge in [0.2, 0.25) is 0 Å². The topological polar surface area (TPSA) is 78.5 Å². The number of rotatable bonds is 4. The Hall–Kier alpha value is -3.26. The summed E-state index contributed by atoms with van der Waals surface area (Å²) >= 11 is 1.38. The van der Waals surface area contributed by atoms with E-state index < -0.39 is 5.97 Å². The van der Waals surface area contributed by atoms with Gasteiger partial charge in [-0.25, -0.2) is 14.5 Å². The van der Waals surface area contributed by atoms with Crippen LogP contribution in [0.1, 0.15) is 33.1 Å². The first kappa shape index (κ1) is 18.1. The molecule has 1 aromatic carbocycles. The standard InChI is InChI=1S/C20H18N4O3S/c1-12-11-28-20-21-15(9-17(25)23(12)20)10-27-19(26)18-13(2)22-24(14(18)3)16-7-5-4-6-8-16/h4-9,11H,10H2,1-3H3. The summed E-state index contributed by atoms with van der Waals surface area (Å²) in [6.07, 6.45) is 0. The molecule has 0 spiro atoms. The van der Waals surface area contributed by atoms with Crippen molar-refractivity contribution in [1.29, 1.82) is 0 Å². The maximum Gasteiger partial charge on any atom is 0.342 e. The van der Waals surface area contributed by atoms with Crippen molar-refractivity contribution in [2.45, 2.75) is 27.4 Å². The maximum absolute atomic E-state index is 12.7. The second-order valence-electron chi connectivity index (χ2n) is 6.45. The van der Waals surface area contributed by atoms with Gasteiger partial charge in [-0.15, -0.1) is 11.3 Å². The number of thiazole rings is 1. The molecule has 7 nitrogen and oxygen atoms in total. The van der Waals surface area contributed by atoms with Crippen molar-refractivity contribution in [3.63, 3.8) is 0 Å². The highest BCUT2D eigenvalue weighted by Crippen LogP contribution is 2.19. The third kappa shape index (κ3) is 3.11. The first-order chi connectivity index (χ1) is 13.5. The van der Waals surface area contributed by atoms with Gasteiger partial charge in [-0.1, -0.05) is 18.2 Å². The van der Waals surface area contributed by atoms with E-state index in [2.05, 4.69) is 10.1 Å². The van der Waals surface area contributed by atoms with Gasteiger partial charge in [-0.05, 0) is 32.9 Å². The van der Waals surface area contributed by atoms with Gasteiger partial charge >= 0.3 is 5.97 Å². The van der Waals surface area contributed by atoms with Crippen molar-refractivity contribution in [2.75, 3.05) is 0 Å². The Morgan fingerprint density at radius 1 is 1.18 bits per heavy atom. The van der Waals surface area contributed by atoms with Crippen LogP contribution in [0.5, 0.6) is 0 Å². The molecule has 8 heteroatoms. The molecule has 0 amide bonds. The second-order valence-corrected chi connectivity index (χ2v) is 7.29. The van der Waals surface area contributed by atoms with Gasteiger partial charge in [0, 0.05) is 17.1 Å². The van der Waals surface area contributed by atoms with Gasteiger partial charge in [0.1, 0.15) is 12.2 Å². The molecule has 142 valence electrons. The quantitative estimate of drug-likeness (QED) is 0.497. The molecule has 4 aromatic rings. The predicted molar refractivity (Wildman–Crippen MR) is 106 cm³/mol. The first-order valence-electron chi connectivity index (χ1n) is 8.71. The summed E-state index contributed by atoms with van der Waals surface area (Å²) in [7, 11) is 0. The average molecular weight is 394 g/mol. The Morgan fingerprint density at radius 3 is 2.68 bits per heavy atom. The van der Waals surface area contributed by atoms with Gasteiger partial charge in [-0.2, -0.15) is 5.10 Å². The van der Waals surface area contributed by atoms with Gasteiger partial charge in [0.05, 0.1) is 22.8 Å². The molecular formula is C20H18N4O3S. The predicted octanol–water partition coefficient (Wildman–Crippen LogP) is 3.22. The number of hydrogen-bond donors (Lipinski definition) is 0. The van der Waals surface area contributed by atoms with Crippen molar-refractivity contribution >= 4 is 22.3 Å². The number of aryl methyl sites for hydroxylation is 2. The summed E-state index contributed by atoms with van der Waals surface area (Å²) in [4.78, 5) is 29.9. The lowest BCUT2D eigenvalue weighted by atomic mass is 10.2. The molecule has 0 atom stereocenters. The largest absolute Gasteiger partial charge is 0.455 e. The van der Waals surface area contributed by atoms with Gasteiger partial charge in [0.25, 0.3) is 5.56 Å². The van der Waals surface area contributed by atoms with Crippen LogP contribution >= 0.6 is 11.3 Å². The van der Waals surface area contributed by atoms with Crippen molar-refractivity contribution in [2.24, 2.45) is 0 Å². The van der Waals surface area contributed by atoms with E-state index in [1.54, 1.807) is 11.6 Å². The number of aromatic nitrogens is 4. The third-order valence-corrected chi connectivity index (χ3v) is 5.42. The van der Waals surface area contributed by atoms with E-state index in [1.807, 2.05) is 49.6 Å². The van der Waals surface area contributed by atoms with Crippen LogP contribution in [0.2, 0.25) is 0 Å². The van der Waals surface area contributed by atoms with E-state index in [1.165, 1.54) is 21.8 Å². The Balaban J connectivity index is 1.58. The summed E-state index contributed by atoms with van der Waals surface area (Å²) in [6, 6.07) is 11.0. The van der Waals surface area contributed by atoms with E-state index in [-0.39, 0.29) is 12.2 Å². The molecule has 3 aromatic heterocycles. The van der Waals surface area contributed by atoms with Crippen LogP contribution in [-0.4, -0.2) is 25.1 Å². The summed E-state index contributed by atoms with van der Waals surface area (Å²) in [5.41, 5.74) is 3.66. The van der Waals surface area contributed by atoms with Crippen molar-refractivity contribution in [1.82, 2.24) is 19.2 Å². The number of carbonyl (C=O) groups excluding carboxylic acids is 1. The monoisotopic (exact) mass is 394 g/mol. The van der Waals surface area contributed by atoms with Crippen molar-refractivity contribution < 1.29 is 9.53 Å². The number of esters is 1. The molecule has 4 rings (SSSR count). The first-order valence-corrected chi connectivity index (χ1v) is 9.59. The molecule has 0 saturated carbocycles. The smallest absolute Gasteiger partial charge is 0.342 e. The molecule has 0 N–H and O–H groups in total. The number of para-hydroxylation sites is 1. The highest BCUT2D eigenvalue weighted by molar-refractivity contribution is 7.15. The molecule has 0 unspecified atom stereocenters. The molecule has 0 bridgehead atoms. The molecular weight excluding hydrogens is 376 g/mol. The van der Waals surface area contributed by atoms with Gasteiger partial charge in [-0.3, -0.25) is 9.20 Å². The molecule has 0 aliphatic rings. The molecule has 0 aliphatic carbocycles. The molecule has 0 aliphatic heterocycles. The van der Waals surface area contributed by atoms with E-state index in [4.69, 9.17) is 4.74 Å². The minimum absolute atomic E-state index is 0.0725. The Kier molecular flexibility index (Phi) is 4.56. The minimum atomic E-state index is -0.485. The van der Waals surface area contributed by atoms with Crippen molar-refractivity contribution in [3.8, 4) is 5.69 Å². The van der Waals surface area contributed by atoms with Crippen LogP contribution in [0, 0.1) is 20.8 Å². The number of hydrogen-bond acceptors (Lipinski definition) is 6. The lowest BCUT2D eigenvalue weighted by Crippen LogP contribution is -2.16. The lowest BCUT2D eigenvalue weighted by molar-refractivity contribution is 0.0466. The fourth-order valence-electron chi connectivity index (χ4n) is 3.15. The van der Waals surface area contributed by atoms with Crippen LogP contribution in [0.3, 0.4) is 0 Å². The molecule has 3 heterocycles. The summed E-state index contributed by atoms with van der Waals surface area (Å²) in [5.74, 6) is -0.485. The lowest BCUT2D eigenvalue weighted by Gasteiger charge is -2.06. The van der Waals surface area contributed by atoms with E-state index in [9.17, 15) is 9.59 Å². The summed E-state index contributed by atoms with van der Waals surface area (Å²) in [6.45, 7) is 5.38. The number of fused-ring (bicyclic) bond motifs is 1. The number of benzene rings is 1. The Morgan fingerprint density at radius 2 is 1.93 bits per heavy atom. The fourth-order valence-corrected chi connectivity index (χ4v) is 4.04. The van der Waals surface area contributed by atoms with Crippen LogP contribution in [0.15, 0.2) is 46.6 Å². The maximum atomic E-state index is 12.7. The zero-order chi connectivity index (χ0) is 19.8. The zero-order valence-corrected chi connectivity index (χ0v) is 16.5. The normalized spacial score (nSPS) is 11.1. The number of carbonyl (C=O) groups is 1. The summed E-state index contributed by atoms with van der Waals surface area (Å²) in [5, 5.41) is 6.33. The highest BCUT2D eigenvalue weighted by atomic mass is 32.1. The van der Waals surface area contributed by atoms with Gasteiger partial charge < -0.3 is 4.74 Å². The van der Waals surface area contributed by atoms with Crippen LogP contribution in [-0.2, 0) is 11.3 Å². The number of nitrogens with zero attached hydrogens (tertiary/aromatic N) is 4. The SMILES string of the molecule is Cc1nn(-c2ccccc2)c(C)c1C(=O)OCc1cc(=O)n2c(C)csc2n1. The van der Waals surface area contributed by atoms with Crippen molar-refractivity contribution in [3.05, 3.63) is 80.5 Å². The Bertz CT molecular complexity index is 1240. The molecule has 0 radical (unpaired) electrons. The van der Waals surface area contributed by atoms with E-state index >= 15 is 0 Å². The molecule has 0 fully saturated rings. The highest BCUT2D eigenvalue weighted by Gasteiger charge is 2.21. The fraction of sp³-hybridized carbons (Fsp3) is 0.200. The van der Waals surface area contributed by atoms with Crippen LogP contribution in [0.25, 0.3) is 10.6 Å². The molecule has 28 heavy (non-hydrogen) atoms. The van der Waals surface area contributed by atoms with Gasteiger partial charge in [0.15, 0.2) is 4.96 Å². The third-order valence-electron chi connectivity index (χ3n) is 4.48. The van der Waals surface area contributed by atoms with E-state index in [0.29, 0.717) is 27.6 Å². The number of ether oxygens (including phenoxy) is 1. The Labute approximate surface area is 164 Å². The molecule has 0 saturated heterocycles.